The highest BCUT2D eigenvalue weighted by molar-refractivity contribution is 7.18. The minimum atomic E-state index is -0.767. The van der Waals surface area contributed by atoms with Gasteiger partial charge in [0.15, 0.2) is 6.61 Å². The average molecular weight is 416 g/mol. The van der Waals surface area contributed by atoms with Gasteiger partial charge in [0.25, 0.3) is 11.6 Å². The topological polar surface area (TPSA) is 107 Å². The lowest BCUT2D eigenvalue weighted by Crippen LogP contribution is -2.21. The van der Waals surface area contributed by atoms with Gasteiger partial charge in [0.05, 0.1) is 16.0 Å². The van der Waals surface area contributed by atoms with Gasteiger partial charge in [-0.3, -0.25) is 14.9 Å². The van der Waals surface area contributed by atoms with Crippen LogP contribution in [-0.4, -0.2) is 27.4 Å². The average Bonchev–Trinajstić information content (AvgIpc) is 2.90. The number of aryl methyl sites for hydroxylation is 2. The van der Waals surface area contributed by atoms with E-state index >= 15 is 0 Å². The number of fused-ring (bicyclic) bond motifs is 3. The number of carbonyl (C=O) groups is 1. The van der Waals surface area contributed by atoms with Crippen molar-refractivity contribution >= 4 is 38.8 Å². The van der Waals surface area contributed by atoms with Crippen molar-refractivity contribution in [1.82, 2.24) is 9.97 Å². The molecule has 8 nitrogen and oxygen atoms in total. The van der Waals surface area contributed by atoms with Crippen molar-refractivity contribution in [3.8, 4) is 5.88 Å². The Labute approximate surface area is 168 Å². The predicted molar refractivity (Wildman–Crippen MR) is 106 cm³/mol. The fourth-order valence-corrected chi connectivity index (χ4v) is 4.61. The third-order valence-corrected chi connectivity index (χ3v) is 5.94. The highest BCUT2D eigenvalue weighted by Crippen LogP contribution is 2.38. The summed E-state index contributed by atoms with van der Waals surface area (Å²) in [6, 6.07) is 2.93. The van der Waals surface area contributed by atoms with Crippen LogP contribution in [0.2, 0.25) is 0 Å². The first-order valence-corrected chi connectivity index (χ1v) is 9.96. The van der Waals surface area contributed by atoms with E-state index in [1.165, 1.54) is 23.2 Å². The first kappa shape index (κ1) is 19.2. The molecule has 1 N–H and O–H groups in total. The van der Waals surface area contributed by atoms with Crippen molar-refractivity contribution in [2.24, 2.45) is 0 Å². The normalized spacial score (nSPS) is 13.6. The minimum Gasteiger partial charge on any atom is -0.467 e. The van der Waals surface area contributed by atoms with Crippen molar-refractivity contribution in [2.75, 3.05) is 11.9 Å². The zero-order chi connectivity index (χ0) is 20.4. The number of nitrogens with one attached hydrogen (secondary N) is 1. The number of hydrogen-bond acceptors (Lipinski definition) is 7. The zero-order valence-corrected chi connectivity index (χ0v) is 16.1. The summed E-state index contributed by atoms with van der Waals surface area (Å²) in [6.45, 7) is -0.404. The van der Waals surface area contributed by atoms with E-state index in [-0.39, 0.29) is 11.4 Å². The number of rotatable bonds is 5. The summed E-state index contributed by atoms with van der Waals surface area (Å²) in [5.74, 6) is -1.09. The first-order valence-electron chi connectivity index (χ1n) is 9.15. The summed E-state index contributed by atoms with van der Waals surface area (Å²) in [5.41, 5.74) is 0.592. The molecular formula is C19H17FN4O4S. The highest BCUT2D eigenvalue weighted by Gasteiger charge is 2.20. The zero-order valence-electron chi connectivity index (χ0n) is 15.3. The number of halogens is 1. The second-order valence-corrected chi connectivity index (χ2v) is 7.77. The SMILES string of the molecule is O=C(COc1ncnc2sc3c(c12)CCCCC3)Nc1cc([N+](=O)[O-])ccc1F. The largest absolute Gasteiger partial charge is 0.467 e. The number of nitro groups is 1. The lowest BCUT2D eigenvalue weighted by molar-refractivity contribution is -0.384. The van der Waals surface area contributed by atoms with E-state index in [0.29, 0.717) is 5.88 Å². The number of thiophene rings is 1. The Bertz CT molecular complexity index is 1100. The second-order valence-electron chi connectivity index (χ2n) is 6.68. The summed E-state index contributed by atoms with van der Waals surface area (Å²) >= 11 is 1.63. The smallest absolute Gasteiger partial charge is 0.271 e. The van der Waals surface area contributed by atoms with Crippen LogP contribution < -0.4 is 10.1 Å². The fraction of sp³-hybridized carbons (Fsp3) is 0.316. The van der Waals surface area contributed by atoms with Crippen molar-refractivity contribution in [3.63, 3.8) is 0 Å². The number of nitro benzene ring substituents is 1. The van der Waals surface area contributed by atoms with Gasteiger partial charge in [-0.25, -0.2) is 14.4 Å². The van der Waals surface area contributed by atoms with Gasteiger partial charge in [0.2, 0.25) is 5.88 Å². The lowest BCUT2D eigenvalue weighted by Gasteiger charge is -2.09. The Morgan fingerprint density at radius 3 is 2.93 bits per heavy atom. The molecule has 1 aliphatic rings. The van der Waals surface area contributed by atoms with Crippen LogP contribution in [0.5, 0.6) is 5.88 Å². The van der Waals surface area contributed by atoms with Crippen LogP contribution in [0.25, 0.3) is 10.2 Å². The molecule has 0 aliphatic heterocycles. The molecule has 4 rings (SSSR count). The molecule has 3 aromatic rings. The predicted octanol–water partition coefficient (Wildman–Crippen LogP) is 4.03. The van der Waals surface area contributed by atoms with Crippen LogP contribution in [0.3, 0.4) is 0 Å². The van der Waals surface area contributed by atoms with E-state index < -0.39 is 23.3 Å². The molecule has 0 spiro atoms. The van der Waals surface area contributed by atoms with Crippen molar-refractivity contribution in [1.29, 1.82) is 0 Å². The Morgan fingerprint density at radius 2 is 2.10 bits per heavy atom. The molecule has 0 atom stereocenters. The Balaban J connectivity index is 1.51. The molecule has 0 saturated heterocycles. The molecule has 2 aromatic heterocycles. The van der Waals surface area contributed by atoms with Crippen molar-refractivity contribution in [3.05, 3.63) is 50.9 Å². The molecule has 0 radical (unpaired) electrons. The number of ether oxygens (including phenoxy) is 1. The summed E-state index contributed by atoms with van der Waals surface area (Å²) < 4.78 is 19.5. The Morgan fingerprint density at radius 1 is 1.28 bits per heavy atom. The first-order chi connectivity index (χ1) is 14.0. The monoisotopic (exact) mass is 416 g/mol. The lowest BCUT2D eigenvalue weighted by atomic mass is 10.1. The van der Waals surface area contributed by atoms with Gasteiger partial charge in [-0.1, -0.05) is 6.42 Å². The van der Waals surface area contributed by atoms with E-state index in [0.717, 1.165) is 54.1 Å². The molecule has 0 saturated carbocycles. The molecule has 10 heteroatoms. The molecule has 2 heterocycles. The van der Waals surface area contributed by atoms with Crippen LogP contribution in [0, 0.1) is 15.9 Å². The number of hydrogen-bond donors (Lipinski definition) is 1. The standard InChI is InChI=1S/C19H17FN4O4S/c20-13-7-6-11(24(26)27)8-14(13)23-16(25)9-28-18-17-12-4-2-1-3-5-15(12)29-19(17)22-10-21-18/h6-8,10H,1-5,9H2,(H,23,25). The van der Waals surface area contributed by atoms with E-state index in [1.807, 2.05) is 0 Å². The molecule has 1 aromatic carbocycles. The third-order valence-electron chi connectivity index (χ3n) is 4.74. The summed E-state index contributed by atoms with van der Waals surface area (Å²) in [7, 11) is 0. The Hall–Kier alpha value is -3.14. The van der Waals surface area contributed by atoms with E-state index in [4.69, 9.17) is 4.74 Å². The van der Waals surface area contributed by atoms with Gasteiger partial charge < -0.3 is 10.1 Å². The van der Waals surface area contributed by atoms with Gasteiger partial charge in [0.1, 0.15) is 17.0 Å². The fourth-order valence-electron chi connectivity index (χ4n) is 3.39. The molecule has 1 aliphatic carbocycles. The third kappa shape index (κ3) is 4.02. The van der Waals surface area contributed by atoms with Gasteiger partial charge in [-0.15, -0.1) is 11.3 Å². The molecule has 0 unspecified atom stereocenters. The maximum Gasteiger partial charge on any atom is 0.271 e. The van der Waals surface area contributed by atoms with Gasteiger partial charge in [0, 0.05) is 17.0 Å². The summed E-state index contributed by atoms with van der Waals surface area (Å²) in [5, 5.41) is 14.0. The number of aromatic nitrogens is 2. The van der Waals surface area contributed by atoms with Gasteiger partial charge >= 0.3 is 0 Å². The van der Waals surface area contributed by atoms with Crippen molar-refractivity contribution < 1.29 is 18.8 Å². The van der Waals surface area contributed by atoms with Crippen LogP contribution >= 0.6 is 11.3 Å². The van der Waals surface area contributed by atoms with E-state index in [1.54, 1.807) is 11.3 Å². The van der Waals surface area contributed by atoms with Crippen molar-refractivity contribution in [2.45, 2.75) is 32.1 Å². The number of amides is 1. The van der Waals surface area contributed by atoms with E-state index in [9.17, 15) is 19.3 Å². The summed E-state index contributed by atoms with van der Waals surface area (Å²) in [4.78, 5) is 33.0. The number of non-ortho nitro benzene ring substituents is 1. The quantitative estimate of drug-likeness (QED) is 0.382. The maximum absolute atomic E-state index is 13.9. The number of nitrogens with zero attached hydrogens (tertiary/aromatic N) is 3. The van der Waals surface area contributed by atoms with Gasteiger partial charge in [-0.2, -0.15) is 0 Å². The highest BCUT2D eigenvalue weighted by atomic mass is 32.1. The Kier molecular flexibility index (Phi) is 5.34. The summed E-state index contributed by atoms with van der Waals surface area (Å²) in [6.07, 6.45) is 6.71. The van der Waals surface area contributed by atoms with Gasteiger partial charge in [-0.05, 0) is 37.3 Å². The minimum absolute atomic E-state index is 0.273. The van der Waals surface area contributed by atoms with Crippen LogP contribution in [-0.2, 0) is 17.6 Å². The number of benzene rings is 1. The maximum atomic E-state index is 13.9. The molecule has 0 fully saturated rings. The number of anilines is 1. The molecule has 1 amide bonds. The van der Waals surface area contributed by atoms with Crippen LogP contribution in [0.1, 0.15) is 29.7 Å². The second kappa shape index (κ2) is 8.08. The molecular weight excluding hydrogens is 399 g/mol. The molecule has 150 valence electrons. The molecule has 0 bridgehead atoms. The number of carbonyl (C=O) groups excluding carboxylic acids is 1. The molecule has 29 heavy (non-hydrogen) atoms. The van der Waals surface area contributed by atoms with Crippen LogP contribution in [0.15, 0.2) is 24.5 Å². The van der Waals surface area contributed by atoms with Crippen LogP contribution in [0.4, 0.5) is 15.8 Å². The van der Waals surface area contributed by atoms with E-state index in [2.05, 4.69) is 15.3 Å².